The number of benzene rings is 2. The maximum absolute atomic E-state index is 4.76. The predicted octanol–water partition coefficient (Wildman–Crippen LogP) is 5.52. The van der Waals surface area contributed by atoms with E-state index in [1.54, 1.807) is 0 Å². The lowest BCUT2D eigenvalue weighted by molar-refractivity contribution is 0.787. The monoisotopic (exact) mass is 403 g/mol. The zero-order valence-electron chi connectivity index (χ0n) is 16.9. The average Bonchev–Trinajstić information content (AvgIpc) is 3.48. The predicted molar refractivity (Wildman–Crippen MR) is 124 cm³/mol. The second kappa shape index (κ2) is 7.36. The fourth-order valence-corrected chi connectivity index (χ4v) is 4.36. The minimum absolute atomic E-state index is 0.260. The van der Waals surface area contributed by atoms with Gasteiger partial charge in [0.2, 0.25) is 0 Å². The normalized spacial score (nSPS) is 15.3. The molecule has 0 radical (unpaired) electrons. The maximum atomic E-state index is 4.76. The van der Waals surface area contributed by atoms with Gasteiger partial charge in [0.15, 0.2) is 0 Å². The highest BCUT2D eigenvalue weighted by Gasteiger charge is 2.19. The van der Waals surface area contributed by atoms with Crippen LogP contribution >= 0.6 is 0 Å². The highest BCUT2D eigenvalue weighted by molar-refractivity contribution is 5.82. The van der Waals surface area contributed by atoms with E-state index in [1.807, 2.05) is 24.5 Å². The van der Waals surface area contributed by atoms with E-state index < -0.39 is 0 Å². The van der Waals surface area contributed by atoms with Crippen LogP contribution in [0.2, 0.25) is 0 Å². The molecular weight excluding hydrogens is 382 g/mol. The third kappa shape index (κ3) is 3.34. The van der Waals surface area contributed by atoms with Crippen LogP contribution in [0.3, 0.4) is 0 Å². The molecule has 1 atom stereocenters. The molecule has 4 heterocycles. The first-order chi connectivity index (χ1) is 15.3. The Balaban J connectivity index is 1.31. The summed E-state index contributed by atoms with van der Waals surface area (Å²) in [7, 11) is 0. The third-order valence-electron chi connectivity index (χ3n) is 5.99. The molecular formula is C26H21N5. The molecule has 0 saturated heterocycles. The highest BCUT2D eigenvalue weighted by Crippen LogP contribution is 2.35. The molecule has 5 nitrogen and oxygen atoms in total. The number of pyridine rings is 1. The lowest BCUT2D eigenvalue weighted by atomic mass is 9.89. The Morgan fingerprint density at radius 2 is 2.00 bits per heavy atom. The number of fused-ring (bicyclic) bond motifs is 2. The average molecular weight is 403 g/mol. The van der Waals surface area contributed by atoms with Gasteiger partial charge in [0, 0.05) is 35.6 Å². The Kier molecular flexibility index (Phi) is 4.24. The second-order valence-electron chi connectivity index (χ2n) is 7.99. The summed E-state index contributed by atoms with van der Waals surface area (Å²) in [5.74, 6) is 0.260. The summed E-state index contributed by atoms with van der Waals surface area (Å²) in [4.78, 5) is 9.24. The largest absolute Gasteiger partial charge is 0.341 e. The lowest BCUT2D eigenvalue weighted by Gasteiger charge is -2.20. The van der Waals surface area contributed by atoms with Crippen molar-refractivity contribution in [3.8, 4) is 11.3 Å². The van der Waals surface area contributed by atoms with E-state index in [0.29, 0.717) is 0 Å². The minimum Gasteiger partial charge on any atom is -0.341 e. The van der Waals surface area contributed by atoms with E-state index in [-0.39, 0.29) is 5.92 Å². The van der Waals surface area contributed by atoms with Crippen LogP contribution in [0.4, 0.5) is 5.69 Å². The van der Waals surface area contributed by atoms with E-state index in [1.165, 1.54) is 22.4 Å². The fraction of sp³-hybridized carbons (Fsp3) is 0.115. The Labute approximate surface area is 180 Å². The van der Waals surface area contributed by atoms with Crippen molar-refractivity contribution in [2.24, 2.45) is 4.99 Å². The molecule has 6 rings (SSSR count). The summed E-state index contributed by atoms with van der Waals surface area (Å²) in [6, 6.07) is 23.4. The van der Waals surface area contributed by atoms with Crippen LogP contribution in [0.25, 0.3) is 22.2 Å². The smallest absolute Gasteiger partial charge is 0.0658 e. The summed E-state index contributed by atoms with van der Waals surface area (Å²) in [6.45, 7) is 0.755. The van der Waals surface area contributed by atoms with Gasteiger partial charge in [0.25, 0.3) is 0 Å². The number of hydrogen-bond acceptors (Lipinski definition) is 3. The van der Waals surface area contributed by atoms with Crippen molar-refractivity contribution >= 4 is 22.8 Å². The topological polar surface area (TPSA) is 58.9 Å². The van der Waals surface area contributed by atoms with Crippen LogP contribution in [0.5, 0.6) is 0 Å². The van der Waals surface area contributed by atoms with Gasteiger partial charge in [-0.25, -0.2) is 0 Å². The molecule has 31 heavy (non-hydrogen) atoms. The van der Waals surface area contributed by atoms with Crippen molar-refractivity contribution in [3.63, 3.8) is 0 Å². The number of rotatable bonds is 4. The molecule has 3 aromatic heterocycles. The van der Waals surface area contributed by atoms with E-state index in [2.05, 4.69) is 86.8 Å². The molecule has 0 spiro atoms. The van der Waals surface area contributed by atoms with Gasteiger partial charge < -0.3 is 4.57 Å². The first-order valence-corrected chi connectivity index (χ1v) is 10.5. The standard InChI is InChI=1S/C26H21N5/c1-2-10-27-23(4-1)17-31-11-3-5-26(31)19-8-9-24-21(12-19)13-22(15-28-24)18-6-7-20-16-29-30-25(20)14-18/h1-12,14-16,22H,13,17H2,(H,29,30). The zero-order chi connectivity index (χ0) is 20.6. The Hall–Kier alpha value is -3.99. The maximum Gasteiger partial charge on any atom is 0.0658 e. The number of hydrogen-bond donors (Lipinski definition) is 1. The van der Waals surface area contributed by atoms with Crippen LogP contribution in [-0.4, -0.2) is 26.0 Å². The summed E-state index contributed by atoms with van der Waals surface area (Å²) in [5.41, 5.74) is 8.12. The van der Waals surface area contributed by atoms with Gasteiger partial charge >= 0.3 is 0 Å². The Bertz CT molecular complexity index is 1390. The Morgan fingerprint density at radius 3 is 2.94 bits per heavy atom. The highest BCUT2D eigenvalue weighted by atomic mass is 15.1. The minimum atomic E-state index is 0.260. The first-order valence-electron chi connectivity index (χ1n) is 10.5. The van der Waals surface area contributed by atoms with Gasteiger partial charge in [-0.1, -0.05) is 24.3 Å². The van der Waals surface area contributed by atoms with Crippen LogP contribution < -0.4 is 0 Å². The molecule has 1 aliphatic heterocycles. The van der Waals surface area contributed by atoms with Crippen molar-refractivity contribution in [1.82, 2.24) is 19.7 Å². The van der Waals surface area contributed by atoms with Crippen molar-refractivity contribution < 1.29 is 0 Å². The number of nitrogens with zero attached hydrogens (tertiary/aromatic N) is 4. The molecule has 0 bridgehead atoms. The molecule has 2 aromatic carbocycles. The van der Waals surface area contributed by atoms with Crippen LogP contribution in [0.15, 0.2) is 90.3 Å². The van der Waals surface area contributed by atoms with Crippen LogP contribution in [0.1, 0.15) is 22.7 Å². The van der Waals surface area contributed by atoms with Crippen molar-refractivity contribution in [3.05, 3.63) is 102 Å². The second-order valence-corrected chi connectivity index (χ2v) is 7.99. The number of aromatic nitrogens is 4. The molecule has 5 heteroatoms. The van der Waals surface area contributed by atoms with Gasteiger partial charge in [0.1, 0.15) is 0 Å². The number of nitrogens with one attached hydrogen (secondary N) is 1. The molecule has 1 aliphatic rings. The summed E-state index contributed by atoms with van der Waals surface area (Å²) in [5, 5.41) is 8.34. The van der Waals surface area contributed by atoms with E-state index in [0.717, 1.165) is 35.2 Å². The third-order valence-corrected chi connectivity index (χ3v) is 5.99. The summed E-state index contributed by atoms with van der Waals surface area (Å²) in [6.07, 6.45) is 8.83. The SMILES string of the molecule is C1=Nc2ccc(-c3cccn3Cc3ccccn3)cc2CC1c1ccc2cn[nH]c2c1. The van der Waals surface area contributed by atoms with Gasteiger partial charge in [0.05, 0.1) is 29.6 Å². The van der Waals surface area contributed by atoms with Crippen molar-refractivity contribution in [2.75, 3.05) is 0 Å². The molecule has 1 N–H and O–H groups in total. The molecule has 0 amide bonds. The molecule has 150 valence electrons. The number of aliphatic imine (C=N–C) groups is 1. The summed E-state index contributed by atoms with van der Waals surface area (Å²) < 4.78 is 2.25. The van der Waals surface area contributed by atoms with Gasteiger partial charge in [-0.3, -0.25) is 15.1 Å². The van der Waals surface area contributed by atoms with Crippen LogP contribution in [0, 0.1) is 0 Å². The van der Waals surface area contributed by atoms with Crippen molar-refractivity contribution in [1.29, 1.82) is 0 Å². The Morgan fingerprint density at radius 1 is 1.00 bits per heavy atom. The number of H-pyrrole nitrogens is 1. The molecule has 0 fully saturated rings. The molecule has 5 aromatic rings. The zero-order valence-corrected chi connectivity index (χ0v) is 16.9. The van der Waals surface area contributed by atoms with Gasteiger partial charge in [-0.2, -0.15) is 5.10 Å². The van der Waals surface area contributed by atoms with E-state index >= 15 is 0 Å². The quantitative estimate of drug-likeness (QED) is 0.430. The van der Waals surface area contributed by atoms with Gasteiger partial charge in [-0.15, -0.1) is 0 Å². The van der Waals surface area contributed by atoms with E-state index in [4.69, 9.17) is 4.99 Å². The van der Waals surface area contributed by atoms with E-state index in [9.17, 15) is 0 Å². The van der Waals surface area contributed by atoms with Crippen molar-refractivity contribution in [2.45, 2.75) is 18.9 Å². The molecule has 0 aliphatic carbocycles. The molecule has 0 saturated carbocycles. The van der Waals surface area contributed by atoms with Gasteiger partial charge in [-0.05, 0) is 65.6 Å². The van der Waals surface area contributed by atoms with Crippen LogP contribution in [-0.2, 0) is 13.0 Å². The lowest BCUT2D eigenvalue weighted by Crippen LogP contribution is -2.09. The number of aromatic amines is 1. The molecule has 1 unspecified atom stereocenters. The summed E-state index contributed by atoms with van der Waals surface area (Å²) >= 11 is 0. The first kappa shape index (κ1) is 17.8. The fourth-order valence-electron chi connectivity index (χ4n) is 4.36.